The third kappa shape index (κ3) is 5.93. The van der Waals surface area contributed by atoms with Crippen molar-refractivity contribution in [1.82, 2.24) is 4.90 Å². The monoisotopic (exact) mass is 591 g/mol. The van der Waals surface area contributed by atoms with Gasteiger partial charge in [0.2, 0.25) is 0 Å². The molecule has 42 heavy (non-hydrogen) atoms. The number of halogens is 1. The fourth-order valence-electron chi connectivity index (χ4n) is 6.21. The molecular formula is C32H34ClN3O6. The largest absolute Gasteiger partial charge is 0.478 e. The second-order valence-electron chi connectivity index (χ2n) is 10.1. The Morgan fingerprint density at radius 1 is 0.881 bits per heavy atom. The molecule has 3 aromatic carbocycles. The zero-order chi connectivity index (χ0) is 29.7. The summed E-state index contributed by atoms with van der Waals surface area (Å²) in [5, 5.41) is 32.8. The van der Waals surface area contributed by atoms with Crippen LogP contribution in [-0.2, 0) is 15.0 Å². The summed E-state index contributed by atoms with van der Waals surface area (Å²) in [4.78, 5) is 38.7. The molecular weight excluding hydrogens is 558 g/mol. The van der Waals surface area contributed by atoms with Crippen LogP contribution >= 0.6 is 12.4 Å². The Hall–Kier alpha value is -4.47. The maximum Gasteiger partial charge on any atom is 0.334 e. The van der Waals surface area contributed by atoms with Gasteiger partial charge in [-0.05, 0) is 49.9 Å². The highest BCUT2D eigenvalue weighted by molar-refractivity contribution is 6.00. The first-order valence-corrected chi connectivity index (χ1v) is 13.3. The summed E-state index contributed by atoms with van der Waals surface area (Å²) in [7, 11) is 0. The zero-order valence-corrected chi connectivity index (χ0v) is 24.2. The summed E-state index contributed by atoms with van der Waals surface area (Å²) in [5.74, 6) is -2.63. The minimum atomic E-state index is -1.69. The lowest BCUT2D eigenvalue weighted by Gasteiger charge is -2.45. The second-order valence-corrected chi connectivity index (χ2v) is 10.1. The van der Waals surface area contributed by atoms with Gasteiger partial charge in [-0.25, -0.2) is 9.59 Å². The number of allylic oxidation sites excluding steroid dienone is 2. The van der Waals surface area contributed by atoms with Gasteiger partial charge in [0.15, 0.2) is 0 Å². The predicted molar refractivity (Wildman–Crippen MR) is 162 cm³/mol. The number of nitro benzene ring substituents is 1. The number of hydrogen-bond acceptors (Lipinski definition) is 6. The van der Waals surface area contributed by atoms with E-state index in [4.69, 9.17) is 5.73 Å². The Bertz CT molecular complexity index is 1440. The van der Waals surface area contributed by atoms with Crippen LogP contribution < -0.4 is 5.73 Å². The Balaban J connectivity index is 0.00000484. The molecule has 220 valence electrons. The molecule has 1 aliphatic heterocycles. The molecule has 1 aliphatic rings. The Morgan fingerprint density at radius 3 is 1.81 bits per heavy atom. The second kappa shape index (κ2) is 13.5. The van der Waals surface area contributed by atoms with Crippen LogP contribution in [0.3, 0.4) is 0 Å². The molecule has 0 atom stereocenters. The number of nitrogens with zero attached hydrogens (tertiary/aromatic N) is 2. The van der Waals surface area contributed by atoms with Crippen molar-refractivity contribution in [3.63, 3.8) is 0 Å². The van der Waals surface area contributed by atoms with E-state index in [-0.39, 0.29) is 53.7 Å². The summed E-state index contributed by atoms with van der Waals surface area (Å²) >= 11 is 0. The lowest BCUT2D eigenvalue weighted by atomic mass is 9.63. The van der Waals surface area contributed by atoms with Crippen LogP contribution in [0.1, 0.15) is 49.3 Å². The average molecular weight is 592 g/mol. The van der Waals surface area contributed by atoms with E-state index in [0.29, 0.717) is 24.4 Å². The van der Waals surface area contributed by atoms with Crippen molar-refractivity contribution in [2.75, 3.05) is 13.1 Å². The van der Waals surface area contributed by atoms with Crippen molar-refractivity contribution < 1.29 is 24.7 Å². The number of carboxylic acids is 2. The van der Waals surface area contributed by atoms with Gasteiger partial charge in [-0.3, -0.25) is 10.1 Å². The maximum absolute atomic E-state index is 13.0. The molecule has 9 nitrogen and oxygen atoms in total. The van der Waals surface area contributed by atoms with Crippen molar-refractivity contribution in [3.8, 4) is 0 Å². The van der Waals surface area contributed by atoms with Gasteiger partial charge in [0.1, 0.15) is 0 Å². The van der Waals surface area contributed by atoms with Gasteiger partial charge in [-0.1, -0.05) is 72.8 Å². The van der Waals surface area contributed by atoms with Crippen LogP contribution in [-0.4, -0.2) is 45.1 Å². The van der Waals surface area contributed by atoms with Crippen molar-refractivity contribution in [1.29, 1.82) is 0 Å². The molecule has 0 unspecified atom stereocenters. The molecule has 3 aromatic rings. The van der Waals surface area contributed by atoms with Gasteiger partial charge in [-0.15, -0.1) is 12.4 Å². The summed E-state index contributed by atoms with van der Waals surface area (Å²) < 4.78 is 0. The SMILES string of the molecule is CC1=C(C(=O)O)C(CCN)(c2cccc([N+](=O)[O-])c2)C(C(=O)O)=C(C)N1CCC(c1ccccc1)c1ccccc1.Cl. The summed E-state index contributed by atoms with van der Waals surface area (Å²) in [5.41, 5.74) is 6.85. The molecule has 0 aromatic heterocycles. The lowest BCUT2D eigenvalue weighted by Crippen LogP contribution is -2.47. The van der Waals surface area contributed by atoms with Crippen molar-refractivity contribution >= 4 is 30.0 Å². The first-order valence-electron chi connectivity index (χ1n) is 13.3. The van der Waals surface area contributed by atoms with E-state index in [9.17, 15) is 29.9 Å². The number of carboxylic acid groups (broad SMARTS) is 2. The molecule has 0 aliphatic carbocycles. The van der Waals surface area contributed by atoms with E-state index in [2.05, 4.69) is 0 Å². The number of carbonyl (C=O) groups is 2. The topological polar surface area (TPSA) is 147 Å². The maximum atomic E-state index is 13.0. The third-order valence-electron chi connectivity index (χ3n) is 7.93. The smallest absolute Gasteiger partial charge is 0.334 e. The van der Waals surface area contributed by atoms with Gasteiger partial charge < -0.3 is 20.8 Å². The van der Waals surface area contributed by atoms with Gasteiger partial charge in [0, 0.05) is 36.0 Å². The van der Waals surface area contributed by atoms with Gasteiger partial charge in [0.25, 0.3) is 5.69 Å². The van der Waals surface area contributed by atoms with Crippen LogP contribution in [0, 0.1) is 10.1 Å². The normalized spacial score (nSPS) is 14.5. The highest BCUT2D eigenvalue weighted by Crippen LogP contribution is 2.50. The third-order valence-corrected chi connectivity index (χ3v) is 7.93. The summed E-state index contributed by atoms with van der Waals surface area (Å²) in [6, 6.07) is 25.4. The molecule has 10 heteroatoms. The number of nitrogens with two attached hydrogens (primary N) is 1. The lowest BCUT2D eigenvalue weighted by molar-refractivity contribution is -0.385. The van der Waals surface area contributed by atoms with Gasteiger partial charge in [-0.2, -0.15) is 0 Å². The highest BCUT2D eigenvalue weighted by Gasteiger charge is 2.51. The van der Waals surface area contributed by atoms with Crippen LogP contribution in [0.2, 0.25) is 0 Å². The quantitative estimate of drug-likeness (QED) is 0.186. The van der Waals surface area contributed by atoms with Gasteiger partial charge >= 0.3 is 11.9 Å². The molecule has 0 saturated heterocycles. The molecule has 0 saturated carbocycles. The number of non-ortho nitro benzene ring substituents is 1. The number of rotatable bonds is 11. The fraction of sp³-hybridized carbons (Fsp3) is 0.250. The first-order chi connectivity index (χ1) is 19.6. The van der Waals surface area contributed by atoms with E-state index < -0.39 is 22.3 Å². The van der Waals surface area contributed by atoms with Crippen LogP contribution in [0.5, 0.6) is 0 Å². The molecule has 1 heterocycles. The molecule has 0 fully saturated rings. The first kappa shape index (κ1) is 32.0. The van der Waals surface area contributed by atoms with Crippen LogP contribution in [0.4, 0.5) is 5.69 Å². The van der Waals surface area contributed by atoms with Crippen molar-refractivity contribution in [2.45, 2.75) is 38.0 Å². The molecule has 0 amide bonds. The summed E-state index contributed by atoms with van der Waals surface area (Å²) in [6.07, 6.45) is 0.514. The number of benzene rings is 3. The van der Waals surface area contributed by atoms with E-state index in [1.54, 1.807) is 18.7 Å². The predicted octanol–water partition coefficient (Wildman–Crippen LogP) is 5.86. The number of nitro groups is 1. The van der Waals surface area contributed by atoms with Gasteiger partial charge in [0.05, 0.1) is 21.5 Å². The molecule has 0 radical (unpaired) electrons. The minimum absolute atomic E-state index is 0. The number of hydrogen-bond donors (Lipinski definition) is 3. The van der Waals surface area contributed by atoms with Crippen molar-refractivity contribution in [3.05, 3.63) is 134 Å². The molecule has 4 N–H and O–H groups in total. The fourth-order valence-corrected chi connectivity index (χ4v) is 6.21. The Morgan fingerprint density at radius 2 is 1.38 bits per heavy atom. The average Bonchev–Trinajstić information content (AvgIpc) is 2.95. The standard InChI is InChI=1S/C32H33N3O6.ClH/c1-21-28(30(36)37)32(17-18-33,25-14-9-15-26(20-25)35(40)41)29(31(38)39)22(2)34(21)19-16-27(23-10-5-3-6-11-23)24-12-7-4-8-13-24;/h3-15,20,27H,16-19,33H2,1-2H3,(H,36,37)(H,38,39);1H. The van der Waals surface area contributed by atoms with E-state index >= 15 is 0 Å². The Kier molecular flexibility index (Phi) is 10.3. The summed E-state index contributed by atoms with van der Waals surface area (Å²) in [6.45, 7) is 3.62. The van der Waals surface area contributed by atoms with E-state index in [0.717, 1.165) is 11.1 Å². The van der Waals surface area contributed by atoms with Crippen molar-refractivity contribution in [2.24, 2.45) is 5.73 Å². The van der Waals surface area contributed by atoms with Crippen LogP contribution in [0.15, 0.2) is 107 Å². The van der Waals surface area contributed by atoms with E-state index in [1.165, 1.54) is 24.3 Å². The molecule has 4 rings (SSSR count). The number of aliphatic carboxylic acids is 2. The zero-order valence-electron chi connectivity index (χ0n) is 23.4. The highest BCUT2D eigenvalue weighted by atomic mass is 35.5. The minimum Gasteiger partial charge on any atom is -0.478 e. The Labute approximate surface area is 250 Å². The van der Waals surface area contributed by atoms with Crippen LogP contribution in [0.25, 0.3) is 0 Å². The molecule has 0 bridgehead atoms. The van der Waals surface area contributed by atoms with E-state index in [1.807, 2.05) is 60.7 Å². The molecule has 0 spiro atoms.